The number of phenolic OH excluding ortho intramolecular Hbond substituents is 1. The van der Waals surface area contributed by atoms with Gasteiger partial charge in [-0.05, 0) is 18.3 Å². The van der Waals surface area contributed by atoms with E-state index >= 15 is 0 Å². The fraction of sp³-hybridized carbons (Fsp3) is 0.429. The number of halogens is 1. The van der Waals surface area contributed by atoms with E-state index < -0.39 is 8.07 Å². The van der Waals surface area contributed by atoms with Crippen LogP contribution in [0.1, 0.15) is 31.9 Å². The van der Waals surface area contributed by atoms with Crippen molar-refractivity contribution in [1.29, 1.82) is 0 Å². The molecule has 0 aliphatic carbocycles. The Kier molecular flexibility index (Phi) is 9.75. The number of rotatable bonds is 5. The Bertz CT molecular complexity index is 757. The summed E-state index contributed by atoms with van der Waals surface area (Å²) in [7, 11) is 3.70. The fourth-order valence-electron chi connectivity index (χ4n) is 2.55. The summed E-state index contributed by atoms with van der Waals surface area (Å²) in [4.78, 5) is 0. The van der Waals surface area contributed by atoms with E-state index in [-0.39, 0.29) is 5.54 Å². The summed E-state index contributed by atoms with van der Waals surface area (Å²) < 4.78 is 0. The van der Waals surface area contributed by atoms with Gasteiger partial charge in [-0.2, -0.15) is 0 Å². The number of phenols is 1. The van der Waals surface area contributed by atoms with E-state index in [1.807, 2.05) is 6.07 Å². The molecule has 6 heteroatoms. The third-order valence-corrected chi connectivity index (χ3v) is 7.59. The first-order valence-electron chi connectivity index (χ1n) is 9.03. The number of aryl methyl sites for hydroxylation is 1. The number of hydrogen-bond acceptors (Lipinski definition) is 1. The van der Waals surface area contributed by atoms with Crippen LogP contribution in [0.2, 0.25) is 19.6 Å². The van der Waals surface area contributed by atoms with Crippen LogP contribution in [0, 0.1) is 6.92 Å². The molecule has 0 fully saturated rings. The Labute approximate surface area is 183 Å². The topological polar surface area (TPSA) is 34.3 Å². The van der Waals surface area contributed by atoms with Gasteiger partial charge in [-0.3, -0.25) is 0 Å². The summed E-state index contributed by atoms with van der Waals surface area (Å²) in [5.74, 6) is 0.402. The average molecular weight is 456 g/mol. The van der Waals surface area contributed by atoms with E-state index in [1.54, 1.807) is 0 Å². The molecule has 0 heterocycles. The van der Waals surface area contributed by atoms with Crippen LogP contribution >= 0.6 is 17.9 Å². The summed E-state index contributed by atoms with van der Waals surface area (Å²) >= 11 is 1.47. The minimum absolute atomic E-state index is 0.0377. The zero-order valence-corrected chi connectivity index (χ0v) is 21.8. The third-order valence-electron chi connectivity index (χ3n) is 4.12. The van der Waals surface area contributed by atoms with Gasteiger partial charge in [-0.15, -0.1) is 12.1 Å². The first-order chi connectivity index (χ1) is 12.5. The summed E-state index contributed by atoms with van der Waals surface area (Å²) in [6, 6.07) is 12.7. The molecule has 0 spiro atoms. The van der Waals surface area contributed by atoms with Gasteiger partial charge in [0.1, 0.15) is 5.75 Å². The Morgan fingerprint density at radius 1 is 1.04 bits per heavy atom. The molecular weight excluding hydrogens is 425 g/mol. The SMILES string of the molecule is Cc1ccc(Pc2cc([Si](C)(C)C)ccc2O)c(C[N-]C(C)(C)C)c1.[Cl][Ti+]. The van der Waals surface area contributed by atoms with E-state index in [2.05, 4.69) is 87.0 Å². The molecule has 0 aliphatic rings. The molecule has 0 aliphatic heterocycles. The molecular formula is C21H31ClNOPSiTi. The molecule has 0 radical (unpaired) electrons. The number of aromatic hydroxyl groups is 1. The predicted molar refractivity (Wildman–Crippen MR) is 123 cm³/mol. The monoisotopic (exact) mass is 455 g/mol. The summed E-state index contributed by atoms with van der Waals surface area (Å²) in [6.45, 7) is 16.3. The van der Waals surface area contributed by atoms with Crippen molar-refractivity contribution >= 4 is 41.8 Å². The van der Waals surface area contributed by atoms with Crippen molar-refractivity contribution in [3.05, 3.63) is 52.8 Å². The van der Waals surface area contributed by atoms with E-state index in [4.69, 9.17) is 5.32 Å². The van der Waals surface area contributed by atoms with Gasteiger partial charge in [0.05, 0.1) is 8.07 Å². The molecule has 27 heavy (non-hydrogen) atoms. The van der Waals surface area contributed by atoms with Crippen molar-refractivity contribution in [2.45, 2.75) is 59.4 Å². The zero-order valence-electron chi connectivity index (χ0n) is 17.4. The second-order valence-electron chi connectivity index (χ2n) is 8.75. The molecule has 0 amide bonds. The molecule has 1 unspecified atom stereocenters. The van der Waals surface area contributed by atoms with Crippen molar-refractivity contribution < 1.29 is 24.5 Å². The molecule has 0 saturated carbocycles. The van der Waals surface area contributed by atoms with E-state index in [0.717, 1.165) is 11.8 Å². The van der Waals surface area contributed by atoms with Crippen LogP contribution in [0.5, 0.6) is 5.75 Å². The van der Waals surface area contributed by atoms with Crippen LogP contribution in [0.4, 0.5) is 0 Å². The van der Waals surface area contributed by atoms with Crippen molar-refractivity contribution in [2.75, 3.05) is 0 Å². The Hall–Kier alpha value is -0.149. The van der Waals surface area contributed by atoms with E-state index in [9.17, 15) is 5.11 Å². The molecule has 146 valence electrons. The van der Waals surface area contributed by atoms with Crippen molar-refractivity contribution in [2.24, 2.45) is 0 Å². The fourth-order valence-corrected chi connectivity index (χ4v) is 5.06. The molecule has 1 N–H and O–H groups in total. The summed E-state index contributed by atoms with van der Waals surface area (Å²) in [5, 5.41) is 18.9. The van der Waals surface area contributed by atoms with Gasteiger partial charge in [-0.1, -0.05) is 95.6 Å². The van der Waals surface area contributed by atoms with Gasteiger partial charge in [-0.25, -0.2) is 0 Å². The Balaban J connectivity index is 0.00000176. The van der Waals surface area contributed by atoms with Gasteiger partial charge in [0.25, 0.3) is 0 Å². The van der Waals surface area contributed by atoms with Crippen LogP contribution < -0.4 is 15.8 Å². The Morgan fingerprint density at radius 2 is 1.67 bits per heavy atom. The molecule has 0 aromatic heterocycles. The first kappa shape index (κ1) is 24.9. The standard InChI is InChI=1S/C21H31NOPSi.ClH.Ti/c1-15-8-11-19(16(12-15)14-22-21(2,3)4)24-20-13-17(25(5,6)7)9-10-18(20)23;;/h8-13,23-24H,14H2,1-7H3;1H;/q-1;;+2/p-1. The number of hydrogen-bond donors (Lipinski definition) is 1. The third kappa shape index (κ3) is 8.40. The summed E-state index contributed by atoms with van der Waals surface area (Å²) in [6.07, 6.45) is 0. The molecule has 2 rings (SSSR count). The van der Waals surface area contributed by atoms with Gasteiger partial charge in [0, 0.05) is 5.30 Å². The first-order valence-corrected chi connectivity index (χ1v) is 15.7. The average Bonchev–Trinajstić information content (AvgIpc) is 2.57. The van der Waals surface area contributed by atoms with Crippen LogP contribution in [-0.2, 0) is 25.9 Å². The second-order valence-corrected chi connectivity index (χ2v) is 15.2. The predicted octanol–water partition coefficient (Wildman–Crippen LogP) is 5.23. The molecule has 2 aromatic rings. The molecule has 2 nitrogen and oxygen atoms in total. The molecule has 0 saturated heterocycles. The zero-order chi connectivity index (χ0) is 20.8. The van der Waals surface area contributed by atoms with Gasteiger partial charge in [0.2, 0.25) is 0 Å². The maximum absolute atomic E-state index is 10.4. The minimum atomic E-state index is -1.39. The Morgan fingerprint density at radius 3 is 2.22 bits per heavy atom. The van der Waals surface area contributed by atoms with E-state index in [1.165, 1.54) is 41.0 Å². The van der Waals surface area contributed by atoms with Gasteiger partial charge < -0.3 is 10.4 Å². The van der Waals surface area contributed by atoms with Crippen LogP contribution in [0.15, 0.2) is 36.4 Å². The van der Waals surface area contributed by atoms with Crippen LogP contribution in [0.25, 0.3) is 5.32 Å². The molecule has 0 bridgehead atoms. The normalized spacial score (nSPS) is 12.1. The van der Waals surface area contributed by atoms with Crippen LogP contribution in [0.3, 0.4) is 0 Å². The maximum atomic E-state index is 10.4. The van der Waals surface area contributed by atoms with Crippen molar-refractivity contribution in [3.8, 4) is 5.75 Å². The van der Waals surface area contributed by atoms with Gasteiger partial charge in [0.15, 0.2) is 0 Å². The number of nitrogens with zero attached hydrogens (tertiary/aromatic N) is 1. The van der Waals surface area contributed by atoms with Crippen LogP contribution in [-0.4, -0.2) is 18.7 Å². The molecule has 1 atom stereocenters. The van der Waals surface area contributed by atoms with Crippen molar-refractivity contribution in [1.82, 2.24) is 0 Å². The van der Waals surface area contributed by atoms with Gasteiger partial charge >= 0.3 is 28.7 Å². The summed E-state index contributed by atoms with van der Waals surface area (Å²) in [5.41, 5.74) is 2.49. The number of benzene rings is 2. The second kappa shape index (κ2) is 10.6. The quantitative estimate of drug-likeness (QED) is 0.486. The van der Waals surface area contributed by atoms with Crippen molar-refractivity contribution in [3.63, 3.8) is 0 Å². The molecule has 2 aromatic carbocycles. The van der Waals surface area contributed by atoms with E-state index in [0.29, 0.717) is 14.3 Å².